The number of piperidine rings is 1. The minimum Gasteiger partial charge on any atom is -0.379 e. The van der Waals surface area contributed by atoms with Gasteiger partial charge in [-0.05, 0) is 32.4 Å². The average Bonchev–Trinajstić information content (AvgIpc) is 2.63. The van der Waals surface area contributed by atoms with Crippen LogP contribution in [0.15, 0.2) is 0 Å². The van der Waals surface area contributed by atoms with Gasteiger partial charge in [0, 0.05) is 38.0 Å². The Morgan fingerprint density at radius 1 is 1.06 bits per heavy atom. The lowest BCUT2D eigenvalue weighted by molar-refractivity contribution is -0.123. The summed E-state index contributed by atoms with van der Waals surface area (Å²) in [6, 6.07) is 1.14. The Bertz CT molecular complexity index is 286. The number of ether oxygens (including phenoxy) is 1. The van der Waals surface area contributed by atoms with Gasteiger partial charge in [-0.25, -0.2) is 0 Å². The van der Waals surface area contributed by atoms with E-state index in [9.17, 15) is 4.79 Å². The lowest BCUT2D eigenvalue weighted by Crippen LogP contribution is -2.44. The molecule has 4 heteroatoms. The van der Waals surface area contributed by atoms with Crippen LogP contribution in [0, 0.1) is 0 Å². The average molecular weight is 252 g/mol. The lowest BCUT2D eigenvalue weighted by Gasteiger charge is -2.35. The van der Waals surface area contributed by atoms with E-state index in [0.29, 0.717) is 17.9 Å². The third-order valence-electron chi connectivity index (χ3n) is 4.69. The maximum absolute atomic E-state index is 11.5. The van der Waals surface area contributed by atoms with Crippen molar-refractivity contribution < 1.29 is 9.53 Å². The van der Waals surface area contributed by atoms with Crippen molar-refractivity contribution in [1.82, 2.24) is 9.80 Å². The van der Waals surface area contributed by atoms with E-state index in [0.717, 1.165) is 39.1 Å². The minimum absolute atomic E-state index is 0.493. The SMILES string of the molecule is O=C1CC2CCC(C1)N2CCCN1CCOCC1. The standard InChI is InChI=1S/C14H24N2O2/c17-14-10-12-2-3-13(11-14)16(12)5-1-4-15-6-8-18-9-7-15/h12-13H,1-11H2. The second-order valence-corrected chi connectivity index (χ2v) is 5.88. The van der Waals surface area contributed by atoms with Gasteiger partial charge in [-0.1, -0.05) is 0 Å². The van der Waals surface area contributed by atoms with Crippen LogP contribution >= 0.6 is 0 Å². The zero-order chi connectivity index (χ0) is 12.4. The third kappa shape index (κ3) is 2.76. The van der Waals surface area contributed by atoms with Gasteiger partial charge in [0.25, 0.3) is 0 Å². The first-order valence-electron chi connectivity index (χ1n) is 7.40. The van der Waals surface area contributed by atoms with Gasteiger partial charge in [-0.15, -0.1) is 0 Å². The van der Waals surface area contributed by atoms with Gasteiger partial charge < -0.3 is 4.74 Å². The fourth-order valence-corrected chi connectivity index (χ4v) is 3.73. The molecule has 102 valence electrons. The molecule has 0 aromatic carbocycles. The second kappa shape index (κ2) is 5.68. The Hall–Kier alpha value is -0.450. The highest BCUT2D eigenvalue weighted by Crippen LogP contribution is 2.33. The molecule has 3 fully saturated rings. The van der Waals surface area contributed by atoms with Gasteiger partial charge in [0.05, 0.1) is 13.2 Å². The molecule has 3 saturated heterocycles. The van der Waals surface area contributed by atoms with Crippen LogP contribution in [0.2, 0.25) is 0 Å². The number of morpholine rings is 1. The molecule has 0 amide bonds. The normalized spacial score (nSPS) is 34.1. The molecule has 2 bridgehead atoms. The summed E-state index contributed by atoms with van der Waals surface area (Å²) in [5.74, 6) is 0.493. The molecule has 18 heavy (non-hydrogen) atoms. The molecule has 0 aliphatic carbocycles. The molecule has 3 aliphatic rings. The summed E-state index contributed by atoms with van der Waals surface area (Å²) >= 11 is 0. The van der Waals surface area contributed by atoms with E-state index in [2.05, 4.69) is 9.80 Å². The van der Waals surface area contributed by atoms with E-state index in [4.69, 9.17) is 4.74 Å². The van der Waals surface area contributed by atoms with Crippen molar-refractivity contribution in [3.63, 3.8) is 0 Å². The van der Waals surface area contributed by atoms with Crippen molar-refractivity contribution >= 4 is 5.78 Å². The third-order valence-corrected chi connectivity index (χ3v) is 4.69. The number of hydrogen-bond donors (Lipinski definition) is 0. The number of nitrogens with zero attached hydrogens (tertiary/aromatic N) is 2. The van der Waals surface area contributed by atoms with Gasteiger partial charge >= 0.3 is 0 Å². The van der Waals surface area contributed by atoms with Crippen LogP contribution < -0.4 is 0 Å². The number of carbonyl (C=O) groups excluding carboxylic acids is 1. The van der Waals surface area contributed by atoms with Gasteiger partial charge in [0.15, 0.2) is 0 Å². The molecule has 0 spiro atoms. The lowest BCUT2D eigenvalue weighted by atomic mass is 10.0. The Morgan fingerprint density at radius 3 is 2.39 bits per heavy atom. The highest BCUT2D eigenvalue weighted by molar-refractivity contribution is 5.80. The molecule has 3 heterocycles. The smallest absolute Gasteiger partial charge is 0.136 e. The van der Waals surface area contributed by atoms with Crippen LogP contribution in [0.1, 0.15) is 32.1 Å². The monoisotopic (exact) mass is 252 g/mol. The largest absolute Gasteiger partial charge is 0.379 e. The van der Waals surface area contributed by atoms with Crippen molar-refractivity contribution in [1.29, 1.82) is 0 Å². The minimum atomic E-state index is 0.493. The summed E-state index contributed by atoms with van der Waals surface area (Å²) in [7, 11) is 0. The Kier molecular flexibility index (Phi) is 3.97. The van der Waals surface area contributed by atoms with Crippen LogP contribution in [0.3, 0.4) is 0 Å². The van der Waals surface area contributed by atoms with E-state index in [1.54, 1.807) is 0 Å². The maximum atomic E-state index is 11.5. The number of ketones is 1. The summed E-state index contributed by atoms with van der Waals surface area (Å²) in [4.78, 5) is 16.7. The van der Waals surface area contributed by atoms with E-state index in [1.807, 2.05) is 0 Å². The molecule has 0 radical (unpaired) electrons. The molecule has 3 aliphatic heterocycles. The maximum Gasteiger partial charge on any atom is 0.136 e. The fourth-order valence-electron chi connectivity index (χ4n) is 3.73. The van der Waals surface area contributed by atoms with Crippen molar-refractivity contribution in [2.24, 2.45) is 0 Å². The topological polar surface area (TPSA) is 32.8 Å². The van der Waals surface area contributed by atoms with Gasteiger partial charge in [-0.3, -0.25) is 14.6 Å². The first kappa shape index (κ1) is 12.6. The molecule has 0 aromatic heterocycles. The molecule has 0 saturated carbocycles. The predicted octanol–water partition coefficient (Wildman–Crippen LogP) is 0.905. The van der Waals surface area contributed by atoms with E-state index >= 15 is 0 Å². The van der Waals surface area contributed by atoms with Crippen molar-refractivity contribution in [2.75, 3.05) is 39.4 Å². The molecule has 2 atom stereocenters. The van der Waals surface area contributed by atoms with Crippen molar-refractivity contribution in [2.45, 2.75) is 44.2 Å². The molecule has 2 unspecified atom stereocenters. The Labute approximate surface area is 109 Å². The van der Waals surface area contributed by atoms with E-state index in [1.165, 1.54) is 32.4 Å². The number of rotatable bonds is 4. The molecular weight excluding hydrogens is 228 g/mol. The number of fused-ring (bicyclic) bond motifs is 2. The zero-order valence-corrected chi connectivity index (χ0v) is 11.1. The number of Topliss-reactive ketones (excluding diaryl/α,β-unsaturated/α-hetero) is 1. The first-order chi connectivity index (χ1) is 8.83. The van der Waals surface area contributed by atoms with Crippen LogP contribution in [-0.2, 0) is 9.53 Å². The summed E-state index contributed by atoms with van der Waals surface area (Å²) in [6.45, 7) is 6.33. The van der Waals surface area contributed by atoms with E-state index < -0.39 is 0 Å². The molecule has 0 N–H and O–H groups in total. The van der Waals surface area contributed by atoms with E-state index in [-0.39, 0.29) is 0 Å². The molecule has 4 nitrogen and oxygen atoms in total. The highest BCUT2D eigenvalue weighted by Gasteiger charge is 2.39. The Morgan fingerprint density at radius 2 is 1.72 bits per heavy atom. The number of hydrogen-bond acceptors (Lipinski definition) is 4. The summed E-state index contributed by atoms with van der Waals surface area (Å²) < 4.78 is 5.36. The fraction of sp³-hybridized carbons (Fsp3) is 0.929. The van der Waals surface area contributed by atoms with Crippen LogP contribution in [0.4, 0.5) is 0 Å². The summed E-state index contributed by atoms with van der Waals surface area (Å²) in [5.41, 5.74) is 0. The van der Waals surface area contributed by atoms with Crippen LogP contribution in [-0.4, -0.2) is 67.1 Å². The Balaban J connectivity index is 1.42. The van der Waals surface area contributed by atoms with Gasteiger partial charge in [-0.2, -0.15) is 0 Å². The first-order valence-corrected chi connectivity index (χ1v) is 7.40. The van der Waals surface area contributed by atoms with Crippen LogP contribution in [0.25, 0.3) is 0 Å². The van der Waals surface area contributed by atoms with Gasteiger partial charge in [0.1, 0.15) is 5.78 Å². The van der Waals surface area contributed by atoms with Crippen molar-refractivity contribution in [3.05, 3.63) is 0 Å². The quantitative estimate of drug-likeness (QED) is 0.744. The van der Waals surface area contributed by atoms with Crippen LogP contribution in [0.5, 0.6) is 0 Å². The molecule has 0 aromatic rings. The second-order valence-electron chi connectivity index (χ2n) is 5.88. The predicted molar refractivity (Wildman–Crippen MR) is 69.6 cm³/mol. The highest BCUT2D eigenvalue weighted by atomic mass is 16.5. The molecule has 3 rings (SSSR count). The molecular formula is C14H24N2O2. The zero-order valence-electron chi connectivity index (χ0n) is 11.1. The summed E-state index contributed by atoms with van der Waals surface area (Å²) in [5, 5.41) is 0. The van der Waals surface area contributed by atoms with Gasteiger partial charge in [0.2, 0.25) is 0 Å². The summed E-state index contributed by atoms with van der Waals surface area (Å²) in [6.07, 6.45) is 5.35. The number of carbonyl (C=O) groups is 1. The van der Waals surface area contributed by atoms with Crippen molar-refractivity contribution in [3.8, 4) is 0 Å².